The van der Waals surface area contributed by atoms with Gasteiger partial charge in [0, 0.05) is 16.5 Å². The summed E-state index contributed by atoms with van der Waals surface area (Å²) in [5.74, 6) is 0.996. The fourth-order valence-corrected chi connectivity index (χ4v) is 3.40. The van der Waals surface area contributed by atoms with Crippen molar-refractivity contribution in [3.63, 3.8) is 0 Å². The highest BCUT2D eigenvalue weighted by Crippen LogP contribution is 2.35. The number of benzene rings is 2. The van der Waals surface area contributed by atoms with Crippen molar-refractivity contribution in [1.29, 1.82) is 0 Å². The number of thioether (sulfide) groups is 1. The molecule has 2 aromatic carbocycles. The normalized spacial score (nSPS) is 12.0. The summed E-state index contributed by atoms with van der Waals surface area (Å²) in [4.78, 5) is 30.1. The maximum absolute atomic E-state index is 12.4. The summed E-state index contributed by atoms with van der Waals surface area (Å²) in [7, 11) is 0. The molecule has 0 saturated heterocycles. The number of carbonyl (C=O) groups excluding carboxylic acids is 1. The molecule has 0 fully saturated rings. The lowest BCUT2D eigenvalue weighted by atomic mass is 10.1. The zero-order valence-corrected chi connectivity index (χ0v) is 15.9. The number of rotatable bonds is 5. The number of fused-ring (bicyclic) bond motifs is 1. The molecule has 2 heterocycles. The summed E-state index contributed by atoms with van der Waals surface area (Å²) in [6.45, 7) is 0.0680. The van der Waals surface area contributed by atoms with Gasteiger partial charge in [-0.2, -0.15) is 0 Å². The Kier molecular flexibility index (Phi) is 5.03. The molecule has 1 amide bonds. The number of amides is 1. The number of nitrogens with one attached hydrogen (secondary N) is 1. The van der Waals surface area contributed by atoms with Crippen molar-refractivity contribution in [3.05, 3.63) is 65.2 Å². The van der Waals surface area contributed by atoms with E-state index in [-0.39, 0.29) is 24.8 Å². The van der Waals surface area contributed by atoms with Gasteiger partial charge in [-0.1, -0.05) is 12.1 Å². The van der Waals surface area contributed by atoms with Crippen LogP contribution in [0.2, 0.25) is 0 Å². The van der Waals surface area contributed by atoms with Crippen LogP contribution in [0.4, 0.5) is 5.69 Å². The average molecular weight is 395 g/mol. The third kappa shape index (κ3) is 3.72. The number of hydrogen-bond acceptors (Lipinski definition) is 6. The number of nitrogens with zero attached hydrogens (tertiary/aromatic N) is 2. The highest BCUT2D eigenvalue weighted by molar-refractivity contribution is 7.98. The predicted molar refractivity (Wildman–Crippen MR) is 107 cm³/mol. The van der Waals surface area contributed by atoms with Gasteiger partial charge in [-0.05, 0) is 36.6 Å². The molecule has 1 aromatic heterocycles. The molecule has 4 rings (SSSR count). The van der Waals surface area contributed by atoms with Crippen molar-refractivity contribution in [3.8, 4) is 22.8 Å². The molecule has 0 radical (unpaired) electrons. The lowest BCUT2D eigenvalue weighted by Gasteiger charge is -2.10. The summed E-state index contributed by atoms with van der Waals surface area (Å²) in [6.07, 6.45) is 3.32. The smallest absolute Gasteiger partial charge is 0.254 e. The van der Waals surface area contributed by atoms with E-state index in [0.717, 1.165) is 16.1 Å². The third-order valence-corrected chi connectivity index (χ3v) is 5.04. The number of aromatic nitrogens is 2. The van der Waals surface area contributed by atoms with Crippen LogP contribution in [-0.4, -0.2) is 28.5 Å². The molecule has 142 valence electrons. The third-order valence-electron chi connectivity index (χ3n) is 4.24. The predicted octanol–water partition coefficient (Wildman–Crippen LogP) is 3.00. The Morgan fingerprint density at radius 3 is 2.82 bits per heavy atom. The molecule has 0 aliphatic carbocycles. The van der Waals surface area contributed by atoms with Gasteiger partial charge >= 0.3 is 0 Å². The molecule has 0 bridgehead atoms. The van der Waals surface area contributed by atoms with E-state index in [0.29, 0.717) is 17.2 Å². The lowest BCUT2D eigenvalue weighted by Crippen LogP contribution is -2.27. The maximum Gasteiger partial charge on any atom is 0.254 e. The zero-order chi connectivity index (χ0) is 19.5. The molecule has 0 spiro atoms. The van der Waals surface area contributed by atoms with Crippen molar-refractivity contribution < 1.29 is 14.3 Å². The molecule has 1 N–H and O–H groups in total. The minimum Gasteiger partial charge on any atom is -0.454 e. The highest BCUT2D eigenvalue weighted by atomic mass is 32.2. The van der Waals surface area contributed by atoms with Gasteiger partial charge in [0.15, 0.2) is 11.5 Å². The van der Waals surface area contributed by atoms with Crippen LogP contribution in [0.5, 0.6) is 11.5 Å². The van der Waals surface area contributed by atoms with E-state index < -0.39 is 0 Å². The van der Waals surface area contributed by atoms with E-state index in [1.807, 2.05) is 36.6 Å². The van der Waals surface area contributed by atoms with Gasteiger partial charge in [0.1, 0.15) is 6.54 Å². The zero-order valence-electron chi connectivity index (χ0n) is 15.0. The van der Waals surface area contributed by atoms with Gasteiger partial charge in [-0.25, -0.2) is 4.98 Å². The Morgan fingerprint density at radius 1 is 1.18 bits per heavy atom. The monoisotopic (exact) mass is 395 g/mol. The molecule has 0 saturated carbocycles. The lowest BCUT2D eigenvalue weighted by molar-refractivity contribution is -0.116. The first kappa shape index (κ1) is 18.1. The Bertz CT molecular complexity index is 1100. The molecule has 8 heteroatoms. The number of carbonyl (C=O) groups is 1. The minimum absolute atomic E-state index is 0.115. The summed E-state index contributed by atoms with van der Waals surface area (Å²) in [5.41, 5.74) is 1.66. The Morgan fingerprint density at radius 2 is 2.00 bits per heavy atom. The Balaban J connectivity index is 1.50. The standard InChI is InChI=1S/C20H17N3O4S/c1-28-18-5-3-2-4-14(18)22-19(24)10-23-11-21-15(9-20(23)25)13-6-7-16-17(8-13)27-12-26-16/h2-9,11H,10,12H2,1H3,(H,22,24). The quantitative estimate of drug-likeness (QED) is 0.669. The molecular formula is C20H17N3O4S. The van der Waals surface area contributed by atoms with Crippen molar-refractivity contribution >= 4 is 23.4 Å². The first-order valence-corrected chi connectivity index (χ1v) is 9.76. The van der Waals surface area contributed by atoms with Crippen molar-refractivity contribution in [2.24, 2.45) is 0 Å². The van der Waals surface area contributed by atoms with Gasteiger partial charge in [0.2, 0.25) is 12.7 Å². The fraction of sp³-hybridized carbons (Fsp3) is 0.150. The van der Waals surface area contributed by atoms with Crippen LogP contribution in [0.3, 0.4) is 0 Å². The summed E-state index contributed by atoms with van der Waals surface area (Å²) < 4.78 is 11.9. The average Bonchev–Trinajstić information content (AvgIpc) is 3.17. The van der Waals surface area contributed by atoms with E-state index in [1.165, 1.54) is 17.0 Å². The molecule has 7 nitrogen and oxygen atoms in total. The maximum atomic E-state index is 12.4. The van der Waals surface area contributed by atoms with E-state index in [2.05, 4.69) is 10.3 Å². The summed E-state index contributed by atoms with van der Waals surface area (Å²) >= 11 is 1.54. The molecular weight excluding hydrogens is 378 g/mol. The first-order valence-electron chi connectivity index (χ1n) is 8.53. The molecule has 3 aromatic rings. The van der Waals surface area contributed by atoms with E-state index in [4.69, 9.17) is 9.47 Å². The molecule has 1 aliphatic rings. The van der Waals surface area contributed by atoms with Crippen LogP contribution in [0.15, 0.2) is 64.5 Å². The topological polar surface area (TPSA) is 82.5 Å². The van der Waals surface area contributed by atoms with Crippen LogP contribution in [0.1, 0.15) is 0 Å². The van der Waals surface area contributed by atoms with Crippen LogP contribution >= 0.6 is 11.8 Å². The van der Waals surface area contributed by atoms with Crippen molar-refractivity contribution in [2.75, 3.05) is 18.4 Å². The van der Waals surface area contributed by atoms with Gasteiger partial charge in [-0.3, -0.25) is 14.2 Å². The fourth-order valence-electron chi connectivity index (χ4n) is 2.85. The van der Waals surface area contributed by atoms with Crippen LogP contribution < -0.4 is 20.3 Å². The number of hydrogen-bond donors (Lipinski definition) is 1. The second-order valence-electron chi connectivity index (χ2n) is 6.06. The van der Waals surface area contributed by atoms with E-state index in [9.17, 15) is 9.59 Å². The SMILES string of the molecule is CSc1ccccc1NC(=O)Cn1cnc(-c2ccc3c(c2)OCO3)cc1=O. The molecule has 0 unspecified atom stereocenters. The van der Waals surface area contributed by atoms with Gasteiger partial charge < -0.3 is 14.8 Å². The van der Waals surface area contributed by atoms with E-state index >= 15 is 0 Å². The first-order chi connectivity index (χ1) is 13.6. The summed E-state index contributed by atoms with van der Waals surface area (Å²) in [5, 5.41) is 2.83. The number of anilines is 1. The van der Waals surface area contributed by atoms with Crippen molar-refractivity contribution in [1.82, 2.24) is 9.55 Å². The number of ether oxygens (including phenoxy) is 2. The van der Waals surface area contributed by atoms with E-state index in [1.54, 1.807) is 23.9 Å². The summed E-state index contributed by atoms with van der Waals surface area (Å²) in [6, 6.07) is 14.3. The van der Waals surface area contributed by atoms with Crippen molar-refractivity contribution in [2.45, 2.75) is 11.4 Å². The van der Waals surface area contributed by atoms with Gasteiger partial charge in [0.25, 0.3) is 5.56 Å². The Labute approximate surface area is 165 Å². The van der Waals surface area contributed by atoms with Gasteiger partial charge in [-0.15, -0.1) is 11.8 Å². The Hall–Kier alpha value is -3.26. The molecule has 28 heavy (non-hydrogen) atoms. The molecule has 1 aliphatic heterocycles. The van der Waals surface area contributed by atoms with Crippen LogP contribution in [0, 0.1) is 0 Å². The second kappa shape index (κ2) is 7.77. The second-order valence-corrected chi connectivity index (χ2v) is 6.90. The highest BCUT2D eigenvalue weighted by Gasteiger charge is 2.15. The molecule has 0 atom stereocenters. The minimum atomic E-state index is -0.309. The van der Waals surface area contributed by atoms with Crippen LogP contribution in [0.25, 0.3) is 11.3 Å². The van der Waals surface area contributed by atoms with Gasteiger partial charge in [0.05, 0.1) is 17.7 Å². The largest absolute Gasteiger partial charge is 0.454 e. The van der Waals surface area contributed by atoms with Crippen LogP contribution in [-0.2, 0) is 11.3 Å². The number of para-hydroxylation sites is 1.